The van der Waals surface area contributed by atoms with Gasteiger partial charge < -0.3 is 25.6 Å². The highest BCUT2D eigenvalue weighted by Gasteiger charge is 2.33. The molecule has 3 unspecified atom stereocenters. The Balaban J connectivity index is 1.36. The van der Waals surface area contributed by atoms with Gasteiger partial charge in [0.05, 0.1) is 18.4 Å². The summed E-state index contributed by atoms with van der Waals surface area (Å²) in [5, 5.41) is 24.1. The van der Waals surface area contributed by atoms with Gasteiger partial charge in [-0.2, -0.15) is 0 Å². The molecular formula is C27H32N2O6. The number of hydrogen-bond acceptors (Lipinski definition) is 5. The number of carbonyl (C=O) groups is 3. The standard InChI is InChI=1S/C27H32N2O6/c30-17(14-25(31)32)15-28-26(33)22-12-2-1-3-13-24(22)29-27(34)35-16-23-20-10-6-4-8-18(20)19-9-5-7-11-21(19)23/h4-11,17,22-24,30H,1-3,12-16H2,(H,28,33)(H,29,34)(H,31,32). The summed E-state index contributed by atoms with van der Waals surface area (Å²) >= 11 is 0. The number of benzene rings is 2. The first kappa shape index (κ1) is 24.7. The summed E-state index contributed by atoms with van der Waals surface area (Å²) in [4.78, 5) is 36.3. The van der Waals surface area contributed by atoms with Crippen molar-refractivity contribution in [2.24, 2.45) is 5.92 Å². The lowest BCUT2D eigenvalue weighted by Crippen LogP contribution is -2.48. The van der Waals surface area contributed by atoms with E-state index in [9.17, 15) is 19.5 Å². The van der Waals surface area contributed by atoms with E-state index in [0.717, 1.165) is 41.5 Å². The van der Waals surface area contributed by atoms with Gasteiger partial charge in [-0.3, -0.25) is 9.59 Å². The van der Waals surface area contributed by atoms with Crippen molar-refractivity contribution in [3.8, 4) is 11.1 Å². The van der Waals surface area contributed by atoms with Gasteiger partial charge >= 0.3 is 12.1 Å². The quantitative estimate of drug-likeness (QED) is 0.429. The molecule has 0 aliphatic heterocycles. The minimum absolute atomic E-state index is 0.0443. The van der Waals surface area contributed by atoms with Gasteiger partial charge in [-0.25, -0.2) is 4.79 Å². The second-order valence-electron chi connectivity index (χ2n) is 9.32. The number of fused-ring (bicyclic) bond motifs is 3. The Hall–Kier alpha value is -3.39. The van der Waals surface area contributed by atoms with Gasteiger partial charge in [0.1, 0.15) is 6.61 Å². The van der Waals surface area contributed by atoms with Crippen LogP contribution in [0.3, 0.4) is 0 Å². The van der Waals surface area contributed by atoms with Crippen molar-refractivity contribution in [2.75, 3.05) is 13.2 Å². The molecule has 0 saturated heterocycles. The number of nitrogens with one attached hydrogen (secondary N) is 2. The highest BCUT2D eigenvalue weighted by atomic mass is 16.5. The lowest BCUT2D eigenvalue weighted by Gasteiger charge is -2.26. The van der Waals surface area contributed by atoms with Gasteiger partial charge in [-0.15, -0.1) is 0 Å². The molecular weight excluding hydrogens is 448 g/mol. The Kier molecular flexibility index (Phi) is 8.02. The average Bonchev–Trinajstić information content (AvgIpc) is 2.97. The summed E-state index contributed by atoms with van der Waals surface area (Å²) in [6.45, 7) is 0.0596. The van der Waals surface area contributed by atoms with Crippen molar-refractivity contribution in [1.82, 2.24) is 10.6 Å². The monoisotopic (exact) mass is 480 g/mol. The van der Waals surface area contributed by atoms with Crippen molar-refractivity contribution in [3.05, 3.63) is 59.7 Å². The molecule has 2 aliphatic carbocycles. The number of aliphatic hydroxyl groups is 1. The smallest absolute Gasteiger partial charge is 0.407 e. The molecule has 8 heteroatoms. The van der Waals surface area contributed by atoms with E-state index in [4.69, 9.17) is 9.84 Å². The number of rotatable bonds is 8. The number of ether oxygens (including phenoxy) is 1. The van der Waals surface area contributed by atoms with Crippen molar-refractivity contribution in [2.45, 2.75) is 56.6 Å². The SMILES string of the molecule is O=C(O)CC(O)CNC(=O)C1CCCCCC1NC(=O)OCC1c2ccccc2-c2ccccc21. The van der Waals surface area contributed by atoms with Crippen LogP contribution in [0.1, 0.15) is 55.6 Å². The molecule has 2 aromatic rings. The first-order chi connectivity index (χ1) is 16.9. The number of alkyl carbamates (subject to hydrolysis) is 1. The van der Waals surface area contributed by atoms with Crippen LogP contribution in [0.2, 0.25) is 0 Å². The Morgan fingerprint density at radius 2 is 1.57 bits per heavy atom. The average molecular weight is 481 g/mol. The fraction of sp³-hybridized carbons (Fsp3) is 0.444. The third kappa shape index (κ3) is 6.00. The highest BCUT2D eigenvalue weighted by Crippen LogP contribution is 2.44. The molecule has 35 heavy (non-hydrogen) atoms. The van der Waals surface area contributed by atoms with Crippen LogP contribution in [-0.2, 0) is 14.3 Å². The van der Waals surface area contributed by atoms with Gasteiger partial charge in [-0.1, -0.05) is 67.8 Å². The Morgan fingerprint density at radius 1 is 0.943 bits per heavy atom. The number of carbonyl (C=O) groups excluding carboxylic acids is 2. The molecule has 4 N–H and O–H groups in total. The van der Waals surface area contributed by atoms with Crippen LogP contribution < -0.4 is 10.6 Å². The zero-order chi connectivity index (χ0) is 24.8. The van der Waals surface area contributed by atoms with Crippen LogP contribution in [0.4, 0.5) is 4.79 Å². The van der Waals surface area contributed by atoms with E-state index in [1.54, 1.807) is 0 Å². The molecule has 2 aliphatic rings. The van der Waals surface area contributed by atoms with Gasteiger partial charge in [0.25, 0.3) is 0 Å². The van der Waals surface area contributed by atoms with E-state index in [-0.39, 0.29) is 31.0 Å². The number of carboxylic acid groups (broad SMARTS) is 1. The molecule has 3 atom stereocenters. The Morgan fingerprint density at radius 3 is 2.23 bits per heavy atom. The highest BCUT2D eigenvalue weighted by molar-refractivity contribution is 5.81. The van der Waals surface area contributed by atoms with E-state index in [1.165, 1.54) is 0 Å². The molecule has 0 spiro atoms. The summed E-state index contributed by atoms with van der Waals surface area (Å²) in [5.74, 6) is -1.93. The maximum absolute atomic E-state index is 12.8. The normalized spacial score (nSPS) is 20.1. The summed E-state index contributed by atoms with van der Waals surface area (Å²) < 4.78 is 5.67. The molecule has 1 saturated carbocycles. The topological polar surface area (TPSA) is 125 Å². The van der Waals surface area contributed by atoms with E-state index in [1.807, 2.05) is 24.3 Å². The van der Waals surface area contributed by atoms with Crippen LogP contribution in [0.5, 0.6) is 0 Å². The molecule has 4 rings (SSSR count). The van der Waals surface area contributed by atoms with Gasteiger partial charge in [-0.05, 0) is 35.1 Å². The van der Waals surface area contributed by atoms with Crippen LogP contribution in [0.15, 0.2) is 48.5 Å². The predicted octanol–water partition coefficient (Wildman–Crippen LogP) is 3.43. The van der Waals surface area contributed by atoms with E-state index >= 15 is 0 Å². The molecule has 8 nitrogen and oxygen atoms in total. The second-order valence-corrected chi connectivity index (χ2v) is 9.32. The minimum Gasteiger partial charge on any atom is -0.481 e. The third-order valence-corrected chi connectivity index (χ3v) is 6.92. The van der Waals surface area contributed by atoms with E-state index in [0.29, 0.717) is 12.8 Å². The number of hydrogen-bond donors (Lipinski definition) is 4. The molecule has 1 fully saturated rings. The van der Waals surface area contributed by atoms with Crippen LogP contribution in [0, 0.1) is 5.92 Å². The zero-order valence-corrected chi connectivity index (χ0v) is 19.6. The first-order valence-corrected chi connectivity index (χ1v) is 12.2. The molecule has 186 valence electrons. The maximum Gasteiger partial charge on any atom is 0.407 e. The van der Waals surface area contributed by atoms with Gasteiger partial charge in [0.2, 0.25) is 5.91 Å². The lowest BCUT2D eigenvalue weighted by molar-refractivity contribution is -0.139. The number of amides is 2. The molecule has 0 radical (unpaired) electrons. The Bertz CT molecular complexity index is 1030. The van der Waals surface area contributed by atoms with Crippen LogP contribution in [0.25, 0.3) is 11.1 Å². The first-order valence-electron chi connectivity index (χ1n) is 12.2. The largest absolute Gasteiger partial charge is 0.481 e. The maximum atomic E-state index is 12.8. The fourth-order valence-corrected chi connectivity index (χ4v) is 5.21. The lowest BCUT2D eigenvalue weighted by atomic mass is 9.93. The molecule has 2 amide bonds. The van der Waals surface area contributed by atoms with Gasteiger partial charge in [0, 0.05) is 18.5 Å². The summed E-state index contributed by atoms with van der Waals surface area (Å²) in [5.41, 5.74) is 4.58. The molecule has 2 aromatic carbocycles. The number of aliphatic hydroxyl groups excluding tert-OH is 1. The third-order valence-electron chi connectivity index (χ3n) is 6.92. The van der Waals surface area contributed by atoms with Crippen LogP contribution >= 0.6 is 0 Å². The van der Waals surface area contributed by atoms with Crippen molar-refractivity contribution in [3.63, 3.8) is 0 Å². The predicted molar refractivity (Wildman–Crippen MR) is 130 cm³/mol. The van der Waals surface area contributed by atoms with Crippen molar-refractivity contribution >= 4 is 18.0 Å². The summed E-state index contributed by atoms with van der Waals surface area (Å²) in [6, 6.07) is 15.9. The Labute approximate surface area is 204 Å². The zero-order valence-electron chi connectivity index (χ0n) is 19.6. The number of aliphatic carboxylic acids is 1. The minimum atomic E-state index is -1.16. The van der Waals surface area contributed by atoms with E-state index in [2.05, 4.69) is 34.9 Å². The summed E-state index contributed by atoms with van der Waals surface area (Å²) in [7, 11) is 0. The van der Waals surface area contributed by atoms with Crippen molar-refractivity contribution < 1.29 is 29.3 Å². The number of carboxylic acids is 1. The second kappa shape index (κ2) is 11.4. The molecule has 0 bridgehead atoms. The van der Waals surface area contributed by atoms with Crippen LogP contribution in [-0.4, -0.2) is 53.5 Å². The summed E-state index contributed by atoms with van der Waals surface area (Å²) in [6.07, 6.45) is 1.83. The molecule has 0 aromatic heterocycles. The van der Waals surface area contributed by atoms with E-state index < -0.39 is 30.5 Å². The van der Waals surface area contributed by atoms with Gasteiger partial charge in [0.15, 0.2) is 0 Å². The van der Waals surface area contributed by atoms with Crippen molar-refractivity contribution in [1.29, 1.82) is 0 Å². The fourth-order valence-electron chi connectivity index (χ4n) is 5.21. The molecule has 0 heterocycles.